The third-order valence-corrected chi connectivity index (χ3v) is 3.06. The van der Waals surface area contributed by atoms with Gasteiger partial charge in [0.15, 0.2) is 0 Å². The number of carboxylic acids is 1. The molecule has 0 aliphatic carbocycles. The van der Waals surface area contributed by atoms with E-state index in [1.165, 1.54) is 0 Å². The van der Waals surface area contributed by atoms with Gasteiger partial charge in [-0.25, -0.2) is 0 Å². The number of benzene rings is 1. The predicted octanol–water partition coefficient (Wildman–Crippen LogP) is 1.79. The molecule has 5 heteroatoms. The van der Waals surface area contributed by atoms with Crippen LogP contribution in [-0.2, 0) is 9.53 Å². The van der Waals surface area contributed by atoms with Crippen LogP contribution in [0.15, 0.2) is 24.3 Å². The van der Waals surface area contributed by atoms with Crippen LogP contribution in [0.5, 0.6) is 5.75 Å². The summed E-state index contributed by atoms with van der Waals surface area (Å²) in [5, 5.41) is 8.99. The van der Waals surface area contributed by atoms with Gasteiger partial charge in [-0.15, -0.1) is 0 Å². The smallest absolute Gasteiger partial charge is 0.317 e. The van der Waals surface area contributed by atoms with Crippen molar-refractivity contribution in [2.45, 2.75) is 13.0 Å². The number of nitrogens with zero attached hydrogens (tertiary/aromatic N) is 1. The molecule has 0 bridgehead atoms. The first kappa shape index (κ1) is 15.5. The quantitative estimate of drug-likeness (QED) is 0.778. The third kappa shape index (κ3) is 4.54. The molecule has 0 aliphatic rings. The molecule has 5 nitrogen and oxygen atoms in total. The fourth-order valence-electron chi connectivity index (χ4n) is 2.00. The summed E-state index contributed by atoms with van der Waals surface area (Å²) >= 11 is 0. The molecule has 0 fully saturated rings. The second kappa shape index (κ2) is 7.76. The minimum Gasteiger partial charge on any atom is -0.496 e. The molecule has 0 aromatic heterocycles. The van der Waals surface area contributed by atoms with Crippen LogP contribution in [0.25, 0.3) is 0 Å². The molecule has 0 saturated heterocycles. The molecule has 106 valence electrons. The molecule has 0 saturated carbocycles. The Balaban J connectivity index is 2.90. The summed E-state index contributed by atoms with van der Waals surface area (Å²) in [6.07, 6.45) is 0. The van der Waals surface area contributed by atoms with Crippen LogP contribution < -0.4 is 4.74 Å². The lowest BCUT2D eigenvalue weighted by Crippen LogP contribution is -2.35. The average molecular weight is 267 g/mol. The van der Waals surface area contributed by atoms with Crippen LogP contribution in [0, 0.1) is 0 Å². The molecule has 0 radical (unpaired) electrons. The van der Waals surface area contributed by atoms with Crippen LogP contribution in [0.1, 0.15) is 18.5 Å². The van der Waals surface area contributed by atoms with Gasteiger partial charge < -0.3 is 14.6 Å². The Kier molecular flexibility index (Phi) is 6.32. The van der Waals surface area contributed by atoms with E-state index >= 15 is 0 Å². The Labute approximate surface area is 113 Å². The summed E-state index contributed by atoms with van der Waals surface area (Å²) in [4.78, 5) is 12.8. The summed E-state index contributed by atoms with van der Waals surface area (Å²) < 4.78 is 10.4. The number of hydrogen-bond acceptors (Lipinski definition) is 4. The summed E-state index contributed by atoms with van der Waals surface area (Å²) in [5.74, 6) is -0.0827. The molecule has 1 aromatic carbocycles. The lowest BCUT2D eigenvalue weighted by molar-refractivity contribution is -0.139. The topological polar surface area (TPSA) is 59.0 Å². The van der Waals surface area contributed by atoms with Crippen molar-refractivity contribution in [3.63, 3.8) is 0 Å². The Morgan fingerprint density at radius 1 is 1.37 bits per heavy atom. The number of carboxylic acid groups (broad SMARTS) is 1. The molecule has 1 N–H and O–H groups in total. The zero-order chi connectivity index (χ0) is 14.3. The number of para-hydroxylation sites is 1. The summed E-state index contributed by atoms with van der Waals surface area (Å²) in [7, 11) is 3.22. The number of aliphatic carboxylic acids is 1. The van der Waals surface area contributed by atoms with Gasteiger partial charge in [-0.1, -0.05) is 18.2 Å². The number of carbonyl (C=O) groups is 1. The maximum Gasteiger partial charge on any atom is 0.317 e. The van der Waals surface area contributed by atoms with E-state index in [-0.39, 0.29) is 12.6 Å². The first-order valence-electron chi connectivity index (χ1n) is 6.17. The van der Waals surface area contributed by atoms with Gasteiger partial charge in [0.25, 0.3) is 0 Å². The van der Waals surface area contributed by atoms with E-state index < -0.39 is 5.97 Å². The first-order chi connectivity index (χ1) is 9.10. The van der Waals surface area contributed by atoms with Gasteiger partial charge in [0.2, 0.25) is 0 Å². The highest BCUT2D eigenvalue weighted by Crippen LogP contribution is 2.28. The molecule has 1 atom stereocenters. The number of rotatable bonds is 8. The minimum atomic E-state index is -0.849. The van der Waals surface area contributed by atoms with Crippen LogP contribution in [-0.4, -0.2) is 49.9 Å². The summed E-state index contributed by atoms with van der Waals surface area (Å²) in [6.45, 7) is 2.99. The largest absolute Gasteiger partial charge is 0.496 e. The molecule has 0 amide bonds. The van der Waals surface area contributed by atoms with E-state index in [1.54, 1.807) is 14.2 Å². The fourth-order valence-corrected chi connectivity index (χ4v) is 2.00. The van der Waals surface area contributed by atoms with Crippen LogP contribution in [0.2, 0.25) is 0 Å². The van der Waals surface area contributed by atoms with Crippen molar-refractivity contribution >= 4 is 5.97 Å². The van der Waals surface area contributed by atoms with Crippen molar-refractivity contribution in [2.75, 3.05) is 33.9 Å². The molecule has 0 aliphatic heterocycles. The van der Waals surface area contributed by atoms with Crippen molar-refractivity contribution < 1.29 is 19.4 Å². The molecule has 0 heterocycles. The molecular formula is C14H21NO4. The van der Waals surface area contributed by atoms with Crippen LogP contribution in [0.3, 0.4) is 0 Å². The van der Waals surface area contributed by atoms with E-state index in [4.69, 9.17) is 14.6 Å². The van der Waals surface area contributed by atoms with Gasteiger partial charge in [-0.3, -0.25) is 9.69 Å². The van der Waals surface area contributed by atoms with E-state index in [0.29, 0.717) is 13.2 Å². The lowest BCUT2D eigenvalue weighted by Gasteiger charge is -2.28. The Hall–Kier alpha value is -1.59. The van der Waals surface area contributed by atoms with Crippen molar-refractivity contribution in [3.05, 3.63) is 29.8 Å². The zero-order valence-electron chi connectivity index (χ0n) is 11.6. The number of ether oxygens (including phenoxy) is 2. The average Bonchev–Trinajstić information content (AvgIpc) is 2.42. The highest BCUT2D eigenvalue weighted by Gasteiger charge is 2.20. The Bertz CT molecular complexity index is 408. The Morgan fingerprint density at radius 3 is 2.63 bits per heavy atom. The second-order valence-corrected chi connectivity index (χ2v) is 4.27. The molecule has 19 heavy (non-hydrogen) atoms. The molecule has 1 aromatic rings. The van der Waals surface area contributed by atoms with E-state index in [9.17, 15) is 4.79 Å². The van der Waals surface area contributed by atoms with Gasteiger partial charge in [0, 0.05) is 25.3 Å². The van der Waals surface area contributed by atoms with Gasteiger partial charge in [0.05, 0.1) is 20.3 Å². The Morgan fingerprint density at radius 2 is 2.05 bits per heavy atom. The van der Waals surface area contributed by atoms with Crippen LogP contribution >= 0.6 is 0 Å². The third-order valence-electron chi connectivity index (χ3n) is 3.06. The normalized spacial score (nSPS) is 12.4. The molecule has 1 unspecified atom stereocenters. The van der Waals surface area contributed by atoms with Gasteiger partial charge in [-0.05, 0) is 13.0 Å². The molecular weight excluding hydrogens is 246 g/mol. The van der Waals surface area contributed by atoms with Gasteiger partial charge in [0.1, 0.15) is 5.75 Å². The molecule has 0 spiro atoms. The van der Waals surface area contributed by atoms with Crippen molar-refractivity contribution in [3.8, 4) is 5.75 Å². The van der Waals surface area contributed by atoms with E-state index in [0.717, 1.165) is 11.3 Å². The monoisotopic (exact) mass is 267 g/mol. The molecule has 1 rings (SSSR count). The second-order valence-electron chi connectivity index (χ2n) is 4.27. The zero-order valence-corrected chi connectivity index (χ0v) is 11.6. The minimum absolute atomic E-state index is 0.0252. The summed E-state index contributed by atoms with van der Waals surface area (Å²) in [6, 6.07) is 7.59. The van der Waals surface area contributed by atoms with Crippen molar-refractivity contribution in [2.24, 2.45) is 0 Å². The SMILES string of the molecule is COCCN(CC(=O)O)C(C)c1ccccc1OC. The number of methoxy groups -OCH3 is 2. The predicted molar refractivity (Wildman–Crippen MR) is 72.5 cm³/mol. The highest BCUT2D eigenvalue weighted by molar-refractivity contribution is 5.69. The maximum atomic E-state index is 10.9. The van der Waals surface area contributed by atoms with Gasteiger partial charge in [-0.2, -0.15) is 0 Å². The van der Waals surface area contributed by atoms with Crippen molar-refractivity contribution in [1.29, 1.82) is 0 Å². The number of hydrogen-bond donors (Lipinski definition) is 1. The standard InChI is InChI=1S/C14H21NO4/c1-11(12-6-4-5-7-13(12)19-3)15(8-9-18-2)10-14(16)17/h4-7,11H,8-10H2,1-3H3,(H,16,17). The fraction of sp³-hybridized carbons (Fsp3) is 0.500. The highest BCUT2D eigenvalue weighted by atomic mass is 16.5. The lowest BCUT2D eigenvalue weighted by atomic mass is 10.1. The first-order valence-corrected chi connectivity index (χ1v) is 6.17. The van der Waals surface area contributed by atoms with Crippen molar-refractivity contribution in [1.82, 2.24) is 4.90 Å². The van der Waals surface area contributed by atoms with Crippen LogP contribution in [0.4, 0.5) is 0 Å². The summed E-state index contributed by atoms with van der Waals surface area (Å²) in [5.41, 5.74) is 0.974. The maximum absolute atomic E-state index is 10.9. The van der Waals surface area contributed by atoms with E-state index in [1.807, 2.05) is 36.1 Å². The van der Waals surface area contributed by atoms with E-state index in [2.05, 4.69) is 0 Å². The van der Waals surface area contributed by atoms with Gasteiger partial charge >= 0.3 is 5.97 Å².